The third kappa shape index (κ3) is 3.23. The third-order valence-corrected chi connectivity index (χ3v) is 3.14. The average Bonchev–Trinajstić information content (AvgIpc) is 2.72. The number of aryl methyl sites for hydroxylation is 1. The summed E-state index contributed by atoms with van der Waals surface area (Å²) < 4.78 is 23.7. The number of hydrogen-bond donors (Lipinski definition) is 0. The summed E-state index contributed by atoms with van der Waals surface area (Å²) in [6.07, 6.45) is 1.78. The Morgan fingerprint density at radius 1 is 1.47 bits per heavy atom. The van der Waals surface area contributed by atoms with E-state index >= 15 is 0 Å². The van der Waals surface area contributed by atoms with Gasteiger partial charge in [0.2, 0.25) is 0 Å². The molecule has 0 atom stereocenters. The predicted molar refractivity (Wildman–Crippen MR) is 68.1 cm³/mol. The zero-order valence-electron chi connectivity index (χ0n) is 9.11. The first-order valence-corrected chi connectivity index (χ1v) is 6.71. The minimum Gasteiger partial charge on any atom is -0.427 e. The number of ether oxygens (including phenoxy) is 1. The Bertz CT molecular complexity index is 518. The summed E-state index contributed by atoms with van der Waals surface area (Å²) in [7, 11) is 0. The normalized spacial score (nSPS) is 10.5. The largest absolute Gasteiger partial charge is 0.427 e. The fraction of sp³-hybridized carbons (Fsp3) is 0.273. The number of nitrogens with zero attached hydrogens (tertiary/aromatic N) is 2. The van der Waals surface area contributed by atoms with Crippen LogP contribution in [0.15, 0.2) is 22.7 Å². The molecule has 1 aromatic heterocycles. The van der Waals surface area contributed by atoms with Crippen molar-refractivity contribution in [3.05, 3.63) is 34.3 Å². The van der Waals surface area contributed by atoms with Gasteiger partial charge in [-0.25, -0.2) is 4.39 Å². The van der Waals surface area contributed by atoms with Gasteiger partial charge < -0.3 is 4.74 Å². The minimum atomic E-state index is -0.416. The first kappa shape index (κ1) is 12.4. The van der Waals surface area contributed by atoms with Crippen LogP contribution in [0, 0.1) is 5.82 Å². The van der Waals surface area contributed by atoms with Crippen LogP contribution in [0.25, 0.3) is 0 Å². The molecule has 0 unspecified atom stereocenters. The Morgan fingerprint density at radius 3 is 3.06 bits per heavy atom. The van der Waals surface area contributed by atoms with E-state index in [1.807, 2.05) is 0 Å². The SMILES string of the molecule is CCCc1nsc(Oc2cc(Br)ccc2F)n1. The highest BCUT2D eigenvalue weighted by Gasteiger charge is 2.09. The van der Waals surface area contributed by atoms with Crippen LogP contribution in [-0.2, 0) is 6.42 Å². The molecule has 0 N–H and O–H groups in total. The molecule has 6 heteroatoms. The maximum atomic E-state index is 13.4. The van der Waals surface area contributed by atoms with Crippen LogP contribution in [0.4, 0.5) is 4.39 Å². The summed E-state index contributed by atoms with van der Waals surface area (Å²) in [5, 5.41) is 0.366. The fourth-order valence-electron chi connectivity index (χ4n) is 1.25. The van der Waals surface area contributed by atoms with Crippen molar-refractivity contribution in [1.29, 1.82) is 0 Å². The van der Waals surface area contributed by atoms with Gasteiger partial charge in [0.25, 0.3) is 5.19 Å². The van der Waals surface area contributed by atoms with Crippen LogP contribution in [0.2, 0.25) is 0 Å². The number of benzene rings is 1. The first-order chi connectivity index (χ1) is 8.19. The quantitative estimate of drug-likeness (QED) is 0.848. The molecule has 90 valence electrons. The molecule has 2 rings (SSSR count). The molecule has 0 aliphatic heterocycles. The van der Waals surface area contributed by atoms with Gasteiger partial charge in [0.05, 0.1) is 0 Å². The molecule has 0 saturated carbocycles. The van der Waals surface area contributed by atoms with Crippen LogP contribution in [0.5, 0.6) is 10.9 Å². The van der Waals surface area contributed by atoms with Gasteiger partial charge in [0.1, 0.15) is 5.82 Å². The summed E-state index contributed by atoms with van der Waals surface area (Å²) in [4.78, 5) is 4.17. The molecular formula is C11H10BrFN2OS. The van der Waals surface area contributed by atoms with Crippen molar-refractivity contribution in [2.24, 2.45) is 0 Å². The van der Waals surface area contributed by atoms with Gasteiger partial charge in [-0.15, -0.1) is 0 Å². The second kappa shape index (κ2) is 5.55. The summed E-state index contributed by atoms with van der Waals surface area (Å²) >= 11 is 4.39. The number of halogens is 2. The van der Waals surface area contributed by atoms with E-state index in [1.54, 1.807) is 12.1 Å². The lowest BCUT2D eigenvalue weighted by Crippen LogP contribution is -1.89. The van der Waals surface area contributed by atoms with Gasteiger partial charge in [-0.05, 0) is 24.6 Å². The molecule has 0 radical (unpaired) electrons. The van der Waals surface area contributed by atoms with E-state index in [0.717, 1.165) is 34.7 Å². The summed E-state index contributed by atoms with van der Waals surface area (Å²) in [6, 6.07) is 4.52. The molecule has 1 aromatic carbocycles. The van der Waals surface area contributed by atoms with Gasteiger partial charge in [0.15, 0.2) is 11.6 Å². The van der Waals surface area contributed by atoms with Crippen molar-refractivity contribution < 1.29 is 9.13 Å². The molecule has 0 amide bonds. The lowest BCUT2D eigenvalue weighted by molar-refractivity contribution is 0.438. The van der Waals surface area contributed by atoms with E-state index < -0.39 is 5.82 Å². The lowest BCUT2D eigenvalue weighted by Gasteiger charge is -2.02. The maximum absolute atomic E-state index is 13.4. The van der Waals surface area contributed by atoms with E-state index in [0.29, 0.717) is 5.19 Å². The van der Waals surface area contributed by atoms with E-state index in [2.05, 4.69) is 32.2 Å². The molecule has 0 fully saturated rings. The number of rotatable bonds is 4. The van der Waals surface area contributed by atoms with Gasteiger partial charge in [-0.1, -0.05) is 22.9 Å². The Morgan fingerprint density at radius 2 is 2.29 bits per heavy atom. The molecule has 0 spiro atoms. The van der Waals surface area contributed by atoms with Crippen LogP contribution >= 0.6 is 27.5 Å². The fourth-order valence-corrected chi connectivity index (χ4v) is 2.18. The van der Waals surface area contributed by atoms with Crippen molar-refractivity contribution in [3.63, 3.8) is 0 Å². The van der Waals surface area contributed by atoms with E-state index in [-0.39, 0.29) is 5.75 Å². The maximum Gasteiger partial charge on any atom is 0.298 e. The van der Waals surface area contributed by atoms with Gasteiger partial charge >= 0.3 is 0 Å². The molecule has 2 aromatic rings. The molecule has 0 aliphatic rings. The van der Waals surface area contributed by atoms with Crippen molar-refractivity contribution >= 4 is 27.5 Å². The van der Waals surface area contributed by atoms with E-state index in [9.17, 15) is 4.39 Å². The molecule has 3 nitrogen and oxygen atoms in total. The van der Waals surface area contributed by atoms with Gasteiger partial charge in [-0.3, -0.25) is 0 Å². The Labute approximate surface area is 111 Å². The van der Waals surface area contributed by atoms with Crippen LogP contribution < -0.4 is 4.74 Å². The second-order valence-corrected chi connectivity index (χ2v) is 5.03. The number of hydrogen-bond acceptors (Lipinski definition) is 4. The topological polar surface area (TPSA) is 35.0 Å². The average molecular weight is 317 g/mol. The molecule has 0 bridgehead atoms. The minimum absolute atomic E-state index is 0.151. The lowest BCUT2D eigenvalue weighted by atomic mass is 10.3. The highest BCUT2D eigenvalue weighted by molar-refractivity contribution is 9.10. The Kier molecular flexibility index (Phi) is 4.06. The van der Waals surface area contributed by atoms with Crippen molar-refractivity contribution in [1.82, 2.24) is 9.36 Å². The predicted octanol–water partition coefficient (Wildman–Crippen LogP) is 4.18. The Balaban J connectivity index is 2.16. The van der Waals surface area contributed by atoms with Crippen LogP contribution in [0.1, 0.15) is 19.2 Å². The molecule has 17 heavy (non-hydrogen) atoms. The monoisotopic (exact) mass is 316 g/mol. The second-order valence-electron chi connectivity index (χ2n) is 3.40. The van der Waals surface area contributed by atoms with E-state index in [1.165, 1.54) is 6.07 Å². The van der Waals surface area contributed by atoms with Crippen molar-refractivity contribution in [2.45, 2.75) is 19.8 Å². The van der Waals surface area contributed by atoms with Crippen molar-refractivity contribution in [2.75, 3.05) is 0 Å². The number of aromatic nitrogens is 2. The zero-order chi connectivity index (χ0) is 12.3. The van der Waals surface area contributed by atoms with Gasteiger partial charge in [0, 0.05) is 22.4 Å². The van der Waals surface area contributed by atoms with Crippen LogP contribution in [-0.4, -0.2) is 9.36 Å². The standard InChI is InChI=1S/C11H10BrFN2OS/c1-2-3-10-14-11(17-15-10)16-9-6-7(12)4-5-8(9)13/h4-6H,2-3H2,1H3. The highest BCUT2D eigenvalue weighted by atomic mass is 79.9. The van der Waals surface area contributed by atoms with E-state index in [4.69, 9.17) is 4.74 Å². The Hall–Kier alpha value is -1.01. The van der Waals surface area contributed by atoms with Gasteiger partial charge in [-0.2, -0.15) is 9.36 Å². The smallest absolute Gasteiger partial charge is 0.298 e. The first-order valence-electron chi connectivity index (χ1n) is 5.14. The van der Waals surface area contributed by atoms with Crippen LogP contribution in [0.3, 0.4) is 0 Å². The summed E-state index contributed by atoms with van der Waals surface area (Å²) in [5.41, 5.74) is 0. The molecule has 1 heterocycles. The zero-order valence-corrected chi connectivity index (χ0v) is 11.5. The summed E-state index contributed by atoms with van der Waals surface area (Å²) in [5.74, 6) is 0.474. The molecular weight excluding hydrogens is 307 g/mol. The molecule has 0 saturated heterocycles. The highest BCUT2D eigenvalue weighted by Crippen LogP contribution is 2.28. The summed E-state index contributed by atoms with van der Waals surface area (Å²) in [6.45, 7) is 2.05. The molecule has 0 aliphatic carbocycles. The third-order valence-electron chi connectivity index (χ3n) is 2.01. The van der Waals surface area contributed by atoms with Crippen molar-refractivity contribution in [3.8, 4) is 10.9 Å².